The van der Waals surface area contributed by atoms with Crippen LogP contribution in [0.4, 0.5) is 0 Å². The zero-order valence-electron chi connectivity index (χ0n) is 11.9. The van der Waals surface area contributed by atoms with Gasteiger partial charge in [-0.3, -0.25) is 0 Å². The first-order valence-electron chi connectivity index (χ1n) is 6.76. The van der Waals surface area contributed by atoms with E-state index in [9.17, 15) is 9.90 Å². The topological polar surface area (TPSA) is 64.4 Å². The number of aryl methyl sites for hydroxylation is 1. The Morgan fingerprint density at radius 1 is 1.09 bits per heavy atom. The molecule has 3 rings (SSSR count). The number of ether oxygens (including phenoxy) is 1. The van der Waals surface area contributed by atoms with Gasteiger partial charge in [-0.1, -0.05) is 35.9 Å². The molecule has 5 heteroatoms. The summed E-state index contributed by atoms with van der Waals surface area (Å²) in [6, 6.07) is 16.5. The van der Waals surface area contributed by atoms with Gasteiger partial charge in [0, 0.05) is 0 Å². The first kappa shape index (κ1) is 13.9. The molecule has 0 spiro atoms. The monoisotopic (exact) mass is 294 g/mol. The van der Waals surface area contributed by atoms with Crippen molar-refractivity contribution in [3.8, 4) is 17.2 Å². The highest BCUT2D eigenvalue weighted by Crippen LogP contribution is 2.27. The van der Waals surface area contributed by atoms with Gasteiger partial charge in [-0.05, 0) is 31.2 Å². The molecule has 0 saturated carbocycles. The second-order valence-corrected chi connectivity index (χ2v) is 4.83. The van der Waals surface area contributed by atoms with Crippen LogP contribution in [-0.2, 0) is 0 Å². The molecule has 0 bridgehead atoms. The maximum absolute atomic E-state index is 11.6. The number of nitrogens with zero attached hydrogens (tertiary/aromatic N) is 2. The Balaban J connectivity index is 2.02. The molecule has 1 aromatic heterocycles. The minimum Gasteiger partial charge on any atom is -0.476 e. The molecular weight excluding hydrogens is 280 g/mol. The average molecular weight is 294 g/mol. The van der Waals surface area contributed by atoms with E-state index >= 15 is 0 Å². The number of aromatic nitrogens is 2. The molecule has 5 nitrogen and oxygen atoms in total. The van der Waals surface area contributed by atoms with Crippen LogP contribution >= 0.6 is 0 Å². The van der Waals surface area contributed by atoms with Gasteiger partial charge in [0.25, 0.3) is 0 Å². The van der Waals surface area contributed by atoms with E-state index in [2.05, 4.69) is 5.10 Å². The molecule has 0 atom stereocenters. The van der Waals surface area contributed by atoms with Crippen LogP contribution in [0.2, 0.25) is 0 Å². The van der Waals surface area contributed by atoms with Crippen molar-refractivity contribution < 1.29 is 14.6 Å². The van der Waals surface area contributed by atoms with Crippen LogP contribution in [0.5, 0.6) is 11.5 Å². The minimum atomic E-state index is -1.09. The highest BCUT2D eigenvalue weighted by molar-refractivity contribution is 5.89. The van der Waals surface area contributed by atoms with Gasteiger partial charge < -0.3 is 9.84 Å². The smallest absolute Gasteiger partial charge is 0.358 e. The quantitative estimate of drug-likeness (QED) is 0.797. The number of rotatable bonds is 4. The first-order chi connectivity index (χ1) is 10.6. The van der Waals surface area contributed by atoms with Crippen LogP contribution in [-0.4, -0.2) is 20.9 Å². The predicted molar refractivity (Wildman–Crippen MR) is 81.8 cm³/mol. The highest BCUT2D eigenvalue weighted by Gasteiger charge is 2.20. The molecule has 0 radical (unpaired) electrons. The van der Waals surface area contributed by atoms with Gasteiger partial charge in [0.1, 0.15) is 5.75 Å². The average Bonchev–Trinajstić information content (AvgIpc) is 2.93. The molecule has 0 aliphatic carbocycles. The third-order valence-electron chi connectivity index (χ3n) is 3.19. The summed E-state index contributed by atoms with van der Waals surface area (Å²) < 4.78 is 6.99. The van der Waals surface area contributed by atoms with E-state index < -0.39 is 5.97 Å². The van der Waals surface area contributed by atoms with Crippen LogP contribution < -0.4 is 4.74 Å². The molecule has 0 unspecified atom stereocenters. The van der Waals surface area contributed by atoms with Gasteiger partial charge in [-0.25, -0.2) is 9.48 Å². The van der Waals surface area contributed by atoms with Gasteiger partial charge in [0.2, 0.25) is 0 Å². The van der Waals surface area contributed by atoms with Gasteiger partial charge >= 0.3 is 5.97 Å². The summed E-state index contributed by atoms with van der Waals surface area (Å²) >= 11 is 0. The van der Waals surface area contributed by atoms with Gasteiger partial charge in [0.05, 0.1) is 11.9 Å². The molecule has 0 amide bonds. The number of aromatic carboxylic acids is 1. The summed E-state index contributed by atoms with van der Waals surface area (Å²) in [5, 5.41) is 13.6. The third kappa shape index (κ3) is 2.69. The van der Waals surface area contributed by atoms with Gasteiger partial charge in [0.15, 0.2) is 11.4 Å². The fourth-order valence-corrected chi connectivity index (χ4v) is 2.10. The Morgan fingerprint density at radius 3 is 2.41 bits per heavy atom. The van der Waals surface area contributed by atoms with Crippen LogP contribution in [0.3, 0.4) is 0 Å². The lowest BCUT2D eigenvalue weighted by molar-refractivity contribution is 0.0684. The molecule has 22 heavy (non-hydrogen) atoms. The molecular formula is C17H14N2O3. The van der Waals surface area contributed by atoms with E-state index in [1.54, 1.807) is 12.1 Å². The summed E-state index contributed by atoms with van der Waals surface area (Å²) in [6.45, 7) is 1.97. The Labute approximate surface area is 127 Å². The number of hydrogen-bond acceptors (Lipinski definition) is 3. The lowest BCUT2D eigenvalue weighted by Gasteiger charge is -2.07. The van der Waals surface area contributed by atoms with Crippen LogP contribution in [0.25, 0.3) is 5.69 Å². The number of carbonyl (C=O) groups is 1. The summed E-state index contributed by atoms with van der Waals surface area (Å²) in [4.78, 5) is 11.6. The molecule has 0 fully saturated rings. The summed E-state index contributed by atoms with van der Waals surface area (Å²) in [6.07, 6.45) is 1.41. The van der Waals surface area contributed by atoms with E-state index in [1.165, 1.54) is 10.9 Å². The molecule has 110 valence electrons. The molecule has 2 aromatic carbocycles. The Kier molecular flexibility index (Phi) is 3.62. The van der Waals surface area contributed by atoms with E-state index in [-0.39, 0.29) is 11.4 Å². The fourth-order valence-electron chi connectivity index (χ4n) is 2.10. The number of hydrogen-bond donors (Lipinski definition) is 1. The first-order valence-corrected chi connectivity index (χ1v) is 6.76. The van der Waals surface area contributed by atoms with E-state index in [4.69, 9.17) is 4.74 Å². The fraction of sp³-hybridized carbons (Fsp3) is 0.0588. The maximum Gasteiger partial charge on any atom is 0.358 e. The van der Waals surface area contributed by atoms with Crippen LogP contribution in [0.15, 0.2) is 60.8 Å². The maximum atomic E-state index is 11.6. The summed E-state index contributed by atoms with van der Waals surface area (Å²) in [7, 11) is 0. The molecule has 0 saturated heterocycles. The highest BCUT2D eigenvalue weighted by atomic mass is 16.5. The van der Waals surface area contributed by atoms with Crippen molar-refractivity contribution in [2.24, 2.45) is 0 Å². The standard InChI is InChI=1S/C17H14N2O3/c1-12-7-9-13(10-8-12)19-16(17(20)21)15(11-18-19)22-14-5-3-2-4-6-14/h2-11H,1H3,(H,20,21). The van der Waals surface area contributed by atoms with Crippen molar-refractivity contribution >= 4 is 5.97 Å². The number of benzene rings is 2. The van der Waals surface area contributed by atoms with Crippen molar-refractivity contribution in [1.29, 1.82) is 0 Å². The van der Waals surface area contributed by atoms with E-state index in [0.29, 0.717) is 11.4 Å². The lowest BCUT2D eigenvalue weighted by Crippen LogP contribution is -2.09. The Morgan fingerprint density at radius 2 is 1.77 bits per heavy atom. The largest absolute Gasteiger partial charge is 0.476 e. The van der Waals surface area contributed by atoms with Gasteiger partial charge in [-0.15, -0.1) is 0 Å². The van der Waals surface area contributed by atoms with Crippen molar-refractivity contribution in [3.63, 3.8) is 0 Å². The zero-order chi connectivity index (χ0) is 15.5. The van der Waals surface area contributed by atoms with E-state index in [0.717, 1.165) is 5.56 Å². The second kappa shape index (κ2) is 5.73. The molecule has 0 aliphatic rings. The number of carboxylic acid groups (broad SMARTS) is 1. The van der Waals surface area contributed by atoms with Crippen LogP contribution in [0, 0.1) is 6.92 Å². The third-order valence-corrected chi connectivity index (χ3v) is 3.19. The summed E-state index contributed by atoms with van der Waals surface area (Å²) in [5.41, 5.74) is 1.76. The Hall–Kier alpha value is -3.08. The SMILES string of the molecule is Cc1ccc(-n2ncc(Oc3ccccc3)c2C(=O)O)cc1. The zero-order valence-corrected chi connectivity index (χ0v) is 11.9. The molecule has 3 aromatic rings. The van der Waals surface area contributed by atoms with Gasteiger partial charge in [-0.2, -0.15) is 5.10 Å². The summed E-state index contributed by atoms with van der Waals surface area (Å²) in [5.74, 6) is -0.322. The van der Waals surface area contributed by atoms with Crippen LogP contribution in [0.1, 0.15) is 16.1 Å². The number of carboxylic acids is 1. The molecule has 0 aliphatic heterocycles. The second-order valence-electron chi connectivity index (χ2n) is 4.83. The van der Waals surface area contributed by atoms with Crippen molar-refractivity contribution in [1.82, 2.24) is 9.78 Å². The Bertz CT molecular complexity index is 793. The molecule has 1 N–H and O–H groups in total. The van der Waals surface area contributed by atoms with Crippen molar-refractivity contribution in [2.75, 3.05) is 0 Å². The minimum absolute atomic E-state index is 0.00675. The van der Waals surface area contributed by atoms with E-state index in [1.807, 2.05) is 49.4 Å². The normalized spacial score (nSPS) is 10.4. The molecule has 1 heterocycles. The lowest BCUT2D eigenvalue weighted by atomic mass is 10.2. The van der Waals surface area contributed by atoms with Crippen molar-refractivity contribution in [2.45, 2.75) is 6.92 Å². The van der Waals surface area contributed by atoms with Crippen molar-refractivity contribution in [3.05, 3.63) is 72.1 Å². The number of para-hydroxylation sites is 1. The predicted octanol–water partition coefficient (Wildman–Crippen LogP) is 3.67.